The van der Waals surface area contributed by atoms with Gasteiger partial charge in [-0.15, -0.1) is 0 Å². The summed E-state index contributed by atoms with van der Waals surface area (Å²) in [6, 6.07) is 0. The smallest absolute Gasteiger partial charge is 0.327 e. The third-order valence-electron chi connectivity index (χ3n) is 2.67. The van der Waals surface area contributed by atoms with Gasteiger partial charge in [-0.2, -0.15) is 0 Å². The van der Waals surface area contributed by atoms with Crippen molar-refractivity contribution in [2.24, 2.45) is 7.05 Å². The second-order valence-corrected chi connectivity index (χ2v) is 4.05. The lowest BCUT2D eigenvalue weighted by molar-refractivity contribution is 0.668. The Labute approximate surface area is 87.2 Å². The summed E-state index contributed by atoms with van der Waals surface area (Å²) in [7, 11) is 3.76. The molecule has 1 aromatic rings. The molecule has 2 rings (SSSR count). The number of rotatable bonds is 0. The maximum Gasteiger partial charge on any atom is 0.327 e. The Morgan fingerprint density at radius 1 is 1.43 bits per heavy atom. The van der Waals surface area contributed by atoms with Gasteiger partial charge in [0, 0.05) is 26.2 Å². The molecule has 76 valence electrons. The highest BCUT2D eigenvalue weighted by Crippen LogP contribution is 2.23. The molecule has 1 aliphatic rings. The average molecular weight is 211 g/mol. The second-order valence-electron chi connectivity index (χ2n) is 3.65. The predicted molar refractivity (Wildman–Crippen MR) is 58.5 cm³/mol. The molecule has 1 aromatic heterocycles. The molecule has 0 bridgehead atoms. The number of anilines is 1. The van der Waals surface area contributed by atoms with Crippen LogP contribution in [0.4, 0.5) is 5.82 Å². The first kappa shape index (κ1) is 9.45. The van der Waals surface area contributed by atoms with Crippen molar-refractivity contribution < 1.29 is 0 Å². The monoisotopic (exact) mass is 211 g/mol. The van der Waals surface area contributed by atoms with Crippen molar-refractivity contribution in [2.45, 2.75) is 12.8 Å². The molecule has 2 heterocycles. The highest BCUT2D eigenvalue weighted by atomic mass is 32.1. The van der Waals surface area contributed by atoms with E-state index in [1.165, 1.54) is 0 Å². The molecule has 0 spiro atoms. The molecule has 14 heavy (non-hydrogen) atoms. The molecule has 5 heteroatoms. The Kier molecular flexibility index (Phi) is 2.19. The lowest BCUT2D eigenvalue weighted by atomic mass is 10.1. The first-order valence-corrected chi connectivity index (χ1v) is 5.05. The molecular formula is C9H13N3OS. The van der Waals surface area contributed by atoms with Crippen LogP contribution in [0, 0.1) is 4.64 Å². The van der Waals surface area contributed by atoms with E-state index < -0.39 is 0 Å². The van der Waals surface area contributed by atoms with Crippen LogP contribution >= 0.6 is 12.2 Å². The first-order valence-electron chi connectivity index (χ1n) is 4.64. The highest BCUT2D eigenvalue weighted by molar-refractivity contribution is 7.71. The molecule has 0 unspecified atom stereocenters. The van der Waals surface area contributed by atoms with Crippen molar-refractivity contribution >= 4 is 18.0 Å². The van der Waals surface area contributed by atoms with E-state index in [1.54, 1.807) is 11.6 Å². The maximum atomic E-state index is 11.5. The second kappa shape index (κ2) is 3.24. The summed E-state index contributed by atoms with van der Waals surface area (Å²) in [6.45, 7) is 0.985. The van der Waals surface area contributed by atoms with Gasteiger partial charge in [0.05, 0.1) is 0 Å². The van der Waals surface area contributed by atoms with Crippen LogP contribution in [0.15, 0.2) is 4.79 Å². The van der Waals surface area contributed by atoms with E-state index in [2.05, 4.69) is 9.88 Å². The molecule has 0 radical (unpaired) electrons. The third kappa shape index (κ3) is 1.28. The summed E-state index contributed by atoms with van der Waals surface area (Å²) in [4.78, 5) is 16.2. The van der Waals surface area contributed by atoms with Gasteiger partial charge in [-0.1, -0.05) is 12.2 Å². The number of H-pyrrole nitrogens is 1. The fraction of sp³-hybridized carbons (Fsp3) is 0.556. The number of aromatic amines is 1. The summed E-state index contributed by atoms with van der Waals surface area (Å²) in [5.74, 6) is 0.963. The van der Waals surface area contributed by atoms with E-state index >= 15 is 0 Å². The molecule has 0 aliphatic carbocycles. The minimum Gasteiger partial charge on any atom is -0.361 e. The van der Waals surface area contributed by atoms with Gasteiger partial charge >= 0.3 is 5.69 Å². The van der Waals surface area contributed by atoms with Crippen molar-refractivity contribution in [2.75, 3.05) is 18.5 Å². The van der Waals surface area contributed by atoms with Crippen LogP contribution in [0.25, 0.3) is 0 Å². The minimum absolute atomic E-state index is 0.137. The molecule has 1 N–H and O–H groups in total. The normalized spacial score (nSPS) is 15.4. The largest absolute Gasteiger partial charge is 0.361 e. The van der Waals surface area contributed by atoms with Gasteiger partial charge in [-0.05, 0) is 12.8 Å². The molecule has 0 aromatic carbocycles. The molecule has 0 saturated heterocycles. The van der Waals surface area contributed by atoms with Crippen LogP contribution in [0.3, 0.4) is 0 Å². The zero-order chi connectivity index (χ0) is 10.3. The average Bonchev–Trinajstić information content (AvgIpc) is 2.14. The van der Waals surface area contributed by atoms with E-state index in [-0.39, 0.29) is 5.69 Å². The summed E-state index contributed by atoms with van der Waals surface area (Å²) in [5.41, 5.74) is 0.957. The summed E-state index contributed by atoms with van der Waals surface area (Å²) < 4.78 is 2.22. The van der Waals surface area contributed by atoms with Gasteiger partial charge in [-0.3, -0.25) is 9.55 Å². The number of hydrogen-bond donors (Lipinski definition) is 1. The highest BCUT2D eigenvalue weighted by Gasteiger charge is 2.18. The van der Waals surface area contributed by atoms with Crippen LogP contribution in [-0.2, 0) is 13.5 Å². The lowest BCUT2D eigenvalue weighted by Gasteiger charge is -2.28. The summed E-state index contributed by atoms with van der Waals surface area (Å²) >= 11 is 5.14. The molecule has 0 atom stereocenters. The Morgan fingerprint density at radius 2 is 2.14 bits per heavy atom. The summed E-state index contributed by atoms with van der Waals surface area (Å²) in [6.07, 6.45) is 2.06. The van der Waals surface area contributed by atoms with Gasteiger partial charge in [0.1, 0.15) is 10.5 Å². The zero-order valence-corrected chi connectivity index (χ0v) is 9.15. The Hall–Kier alpha value is -1.10. The van der Waals surface area contributed by atoms with Crippen LogP contribution in [0.1, 0.15) is 12.0 Å². The van der Waals surface area contributed by atoms with Crippen molar-refractivity contribution in [3.8, 4) is 0 Å². The van der Waals surface area contributed by atoms with Crippen molar-refractivity contribution in [1.82, 2.24) is 9.55 Å². The first-order chi connectivity index (χ1) is 6.61. The van der Waals surface area contributed by atoms with Gasteiger partial charge in [0.15, 0.2) is 0 Å². The minimum atomic E-state index is -0.137. The van der Waals surface area contributed by atoms with Crippen LogP contribution in [0.2, 0.25) is 0 Å². The van der Waals surface area contributed by atoms with Crippen molar-refractivity contribution in [1.29, 1.82) is 0 Å². The molecule has 1 aliphatic heterocycles. The van der Waals surface area contributed by atoms with Gasteiger partial charge in [-0.25, -0.2) is 4.79 Å². The Morgan fingerprint density at radius 3 is 2.86 bits per heavy atom. The Balaban J connectivity index is 2.80. The third-order valence-corrected chi connectivity index (χ3v) is 3.02. The molecule has 0 saturated carbocycles. The topological polar surface area (TPSA) is 41.0 Å². The van der Waals surface area contributed by atoms with Gasteiger partial charge in [0.2, 0.25) is 0 Å². The number of nitrogens with one attached hydrogen (secondary N) is 1. The van der Waals surface area contributed by atoms with E-state index in [9.17, 15) is 4.79 Å². The summed E-state index contributed by atoms with van der Waals surface area (Å²) in [5, 5.41) is 0. The standard InChI is InChI=1S/C9H13N3OS/c1-11-5-3-4-6-7(14)10-9(13)12(2)8(6)11/h3-5H2,1-2H3,(H,10,13,14). The SMILES string of the molecule is CN1CCCc2c1n(C)c(=O)[nH]c2=S. The van der Waals surface area contributed by atoms with Gasteiger partial charge in [0.25, 0.3) is 0 Å². The fourth-order valence-corrected chi connectivity index (χ4v) is 2.25. The molecule has 0 amide bonds. The fourth-order valence-electron chi connectivity index (χ4n) is 1.97. The molecule has 0 fully saturated rings. The number of fused-ring (bicyclic) bond motifs is 1. The van der Waals surface area contributed by atoms with E-state index in [0.717, 1.165) is 30.8 Å². The van der Waals surface area contributed by atoms with Crippen LogP contribution in [-0.4, -0.2) is 23.1 Å². The maximum absolute atomic E-state index is 11.5. The van der Waals surface area contributed by atoms with Crippen LogP contribution in [0.5, 0.6) is 0 Å². The van der Waals surface area contributed by atoms with E-state index in [0.29, 0.717) is 4.64 Å². The zero-order valence-electron chi connectivity index (χ0n) is 8.33. The predicted octanol–water partition coefficient (Wildman–Crippen LogP) is 0.825. The van der Waals surface area contributed by atoms with Crippen molar-refractivity contribution in [3.05, 3.63) is 20.7 Å². The number of aromatic nitrogens is 2. The number of hydrogen-bond acceptors (Lipinski definition) is 3. The van der Waals surface area contributed by atoms with E-state index in [1.807, 2.05) is 7.05 Å². The molecule has 4 nitrogen and oxygen atoms in total. The van der Waals surface area contributed by atoms with Gasteiger partial charge < -0.3 is 4.90 Å². The van der Waals surface area contributed by atoms with Crippen LogP contribution < -0.4 is 10.6 Å². The quantitative estimate of drug-likeness (QED) is 0.646. The van der Waals surface area contributed by atoms with Crippen molar-refractivity contribution in [3.63, 3.8) is 0 Å². The Bertz CT molecular complexity index is 474. The van der Waals surface area contributed by atoms with E-state index in [4.69, 9.17) is 12.2 Å². The lowest BCUT2D eigenvalue weighted by Crippen LogP contribution is -2.34. The molecular weight excluding hydrogens is 198 g/mol. The number of nitrogens with zero attached hydrogens (tertiary/aromatic N) is 2.